The van der Waals surface area contributed by atoms with Crippen molar-refractivity contribution in [1.29, 1.82) is 0 Å². The molecule has 1 aliphatic rings. The Morgan fingerprint density at radius 2 is 2.00 bits per heavy atom. The number of carboxylic acid groups (broad SMARTS) is 1. The summed E-state index contributed by atoms with van der Waals surface area (Å²) in [6.07, 6.45) is -2.14. The van der Waals surface area contributed by atoms with E-state index in [-0.39, 0.29) is 18.7 Å². The van der Waals surface area contributed by atoms with Crippen LogP contribution in [0.25, 0.3) is 0 Å². The van der Waals surface area contributed by atoms with E-state index >= 15 is 0 Å². The summed E-state index contributed by atoms with van der Waals surface area (Å²) in [7, 11) is 0. The highest BCUT2D eigenvalue weighted by molar-refractivity contribution is 5.65. The van der Waals surface area contributed by atoms with Crippen molar-refractivity contribution in [3.63, 3.8) is 0 Å². The summed E-state index contributed by atoms with van der Waals surface area (Å²) in [5.41, 5.74) is -0.361. The predicted molar refractivity (Wildman–Crippen MR) is 50.2 cm³/mol. The molecule has 0 spiro atoms. The summed E-state index contributed by atoms with van der Waals surface area (Å²) >= 11 is 0. The lowest BCUT2D eigenvalue weighted by atomic mass is 10.1. The molecule has 1 saturated heterocycles. The lowest BCUT2D eigenvalue weighted by molar-refractivity contribution is -0.0907. The van der Waals surface area contributed by atoms with Crippen molar-refractivity contribution < 1.29 is 19.7 Å². The van der Waals surface area contributed by atoms with Gasteiger partial charge in [0.05, 0.1) is 24.8 Å². The minimum Gasteiger partial charge on any atom is -0.465 e. The number of rotatable bonds is 1. The second-order valence-electron chi connectivity index (χ2n) is 4.52. The number of hydrogen-bond acceptors (Lipinski definition) is 3. The molecule has 0 bridgehead atoms. The van der Waals surface area contributed by atoms with Crippen molar-refractivity contribution >= 4 is 6.09 Å². The van der Waals surface area contributed by atoms with Gasteiger partial charge < -0.3 is 19.8 Å². The zero-order valence-electron chi connectivity index (χ0n) is 8.73. The highest BCUT2D eigenvalue weighted by Crippen LogP contribution is 2.19. The van der Waals surface area contributed by atoms with Crippen LogP contribution in [0.15, 0.2) is 0 Å². The third-order valence-corrected chi connectivity index (χ3v) is 2.01. The first-order chi connectivity index (χ1) is 6.29. The Bertz CT molecular complexity index is 223. The van der Waals surface area contributed by atoms with E-state index in [2.05, 4.69) is 0 Å². The van der Waals surface area contributed by atoms with Crippen molar-refractivity contribution in [2.75, 3.05) is 13.1 Å². The van der Waals surface area contributed by atoms with Gasteiger partial charge in [0.15, 0.2) is 0 Å². The zero-order valence-corrected chi connectivity index (χ0v) is 8.73. The lowest BCUT2D eigenvalue weighted by Crippen LogP contribution is -2.35. The summed E-state index contributed by atoms with van der Waals surface area (Å²) in [5, 5.41) is 18.2. The van der Waals surface area contributed by atoms with E-state index in [9.17, 15) is 9.90 Å². The van der Waals surface area contributed by atoms with Crippen LogP contribution < -0.4 is 0 Å². The number of aliphatic hydroxyl groups is 1. The van der Waals surface area contributed by atoms with Crippen LogP contribution in [-0.2, 0) is 4.74 Å². The van der Waals surface area contributed by atoms with Gasteiger partial charge in [0.2, 0.25) is 0 Å². The van der Waals surface area contributed by atoms with Crippen LogP contribution in [0.1, 0.15) is 20.8 Å². The fraction of sp³-hybridized carbons (Fsp3) is 0.889. The highest BCUT2D eigenvalue weighted by Gasteiger charge is 2.36. The van der Waals surface area contributed by atoms with Crippen LogP contribution in [0.4, 0.5) is 4.79 Å². The number of amides is 1. The maximum atomic E-state index is 10.6. The Hall–Kier alpha value is -0.810. The summed E-state index contributed by atoms with van der Waals surface area (Å²) in [6, 6.07) is 0. The number of nitrogens with zero attached hydrogens (tertiary/aromatic N) is 1. The molecular weight excluding hydrogens is 186 g/mol. The van der Waals surface area contributed by atoms with Crippen LogP contribution in [0.2, 0.25) is 0 Å². The van der Waals surface area contributed by atoms with Crippen molar-refractivity contribution in [3.05, 3.63) is 0 Å². The summed E-state index contributed by atoms with van der Waals surface area (Å²) in [6.45, 7) is 6.01. The average molecular weight is 203 g/mol. The molecule has 0 aromatic carbocycles. The number of likely N-dealkylation sites (tertiary alicyclic amines) is 1. The summed E-state index contributed by atoms with van der Waals surface area (Å²) < 4.78 is 5.54. The Labute approximate surface area is 83.3 Å². The quantitative estimate of drug-likeness (QED) is 0.652. The van der Waals surface area contributed by atoms with Crippen molar-refractivity contribution in [1.82, 2.24) is 4.90 Å². The van der Waals surface area contributed by atoms with Gasteiger partial charge in [0, 0.05) is 0 Å². The topological polar surface area (TPSA) is 70.0 Å². The second kappa shape index (κ2) is 3.74. The molecule has 0 aliphatic carbocycles. The largest absolute Gasteiger partial charge is 0.465 e. The highest BCUT2D eigenvalue weighted by atomic mass is 16.5. The molecule has 1 fully saturated rings. The molecule has 2 unspecified atom stereocenters. The molecule has 0 aromatic heterocycles. The predicted octanol–water partition coefficient (Wildman–Crippen LogP) is 0.525. The molecule has 0 aromatic rings. The first-order valence-corrected chi connectivity index (χ1v) is 4.63. The van der Waals surface area contributed by atoms with Crippen LogP contribution in [-0.4, -0.2) is 52.1 Å². The molecule has 1 heterocycles. The van der Waals surface area contributed by atoms with Crippen molar-refractivity contribution in [3.8, 4) is 0 Å². The first kappa shape index (κ1) is 11.3. The number of aliphatic hydroxyl groups excluding tert-OH is 1. The van der Waals surface area contributed by atoms with Gasteiger partial charge >= 0.3 is 6.09 Å². The summed E-state index contributed by atoms with van der Waals surface area (Å²) in [4.78, 5) is 11.8. The standard InChI is InChI=1S/C9H17NO4/c1-9(2,3)14-7-5-10(8(12)13)4-6(7)11/h6-7,11H,4-5H2,1-3H3,(H,12,13). The molecule has 2 N–H and O–H groups in total. The van der Waals surface area contributed by atoms with E-state index in [1.54, 1.807) is 0 Å². The molecule has 2 atom stereocenters. The van der Waals surface area contributed by atoms with E-state index < -0.39 is 18.3 Å². The first-order valence-electron chi connectivity index (χ1n) is 4.63. The summed E-state index contributed by atoms with van der Waals surface area (Å²) in [5.74, 6) is 0. The second-order valence-corrected chi connectivity index (χ2v) is 4.52. The fourth-order valence-corrected chi connectivity index (χ4v) is 1.48. The zero-order chi connectivity index (χ0) is 10.9. The van der Waals surface area contributed by atoms with Crippen LogP contribution in [0.5, 0.6) is 0 Å². The van der Waals surface area contributed by atoms with Gasteiger partial charge in [0.25, 0.3) is 0 Å². The van der Waals surface area contributed by atoms with E-state index in [1.807, 2.05) is 20.8 Å². The normalized spacial score (nSPS) is 28.1. The molecular formula is C9H17NO4. The molecule has 1 rings (SSSR count). The molecule has 82 valence electrons. The third-order valence-electron chi connectivity index (χ3n) is 2.01. The average Bonchev–Trinajstić information content (AvgIpc) is 2.29. The maximum absolute atomic E-state index is 10.6. The molecule has 0 radical (unpaired) electrons. The van der Waals surface area contributed by atoms with Gasteiger partial charge in [-0.25, -0.2) is 4.79 Å². The minimum absolute atomic E-state index is 0.135. The molecule has 1 aliphatic heterocycles. The molecule has 0 saturated carbocycles. The molecule has 14 heavy (non-hydrogen) atoms. The van der Waals surface area contributed by atoms with Crippen LogP contribution in [0.3, 0.4) is 0 Å². The van der Waals surface area contributed by atoms with Gasteiger partial charge in [0.1, 0.15) is 6.10 Å². The Kier molecular flexibility index (Phi) is 3.01. The Balaban J connectivity index is 2.53. The number of β-amino-alcohol motifs (C(OH)–C–C–N with tert-alkyl or cyclic N) is 1. The lowest BCUT2D eigenvalue weighted by Gasteiger charge is -2.26. The SMILES string of the molecule is CC(C)(C)OC1CN(C(=O)O)CC1O. The van der Waals surface area contributed by atoms with Crippen molar-refractivity contribution in [2.24, 2.45) is 0 Å². The van der Waals surface area contributed by atoms with Gasteiger partial charge in [-0.2, -0.15) is 0 Å². The molecule has 5 heteroatoms. The Morgan fingerprint density at radius 1 is 1.43 bits per heavy atom. The van der Waals surface area contributed by atoms with E-state index in [0.29, 0.717) is 0 Å². The van der Waals surface area contributed by atoms with Gasteiger partial charge in [-0.3, -0.25) is 0 Å². The number of hydrogen-bond donors (Lipinski definition) is 2. The molecule has 5 nitrogen and oxygen atoms in total. The van der Waals surface area contributed by atoms with Gasteiger partial charge in [-0.1, -0.05) is 0 Å². The van der Waals surface area contributed by atoms with E-state index in [4.69, 9.17) is 9.84 Å². The fourth-order valence-electron chi connectivity index (χ4n) is 1.48. The Morgan fingerprint density at radius 3 is 2.36 bits per heavy atom. The van der Waals surface area contributed by atoms with E-state index in [0.717, 1.165) is 0 Å². The minimum atomic E-state index is -1.01. The number of ether oxygens (including phenoxy) is 1. The van der Waals surface area contributed by atoms with Gasteiger partial charge in [-0.05, 0) is 20.8 Å². The molecule has 1 amide bonds. The number of carbonyl (C=O) groups is 1. The maximum Gasteiger partial charge on any atom is 0.407 e. The van der Waals surface area contributed by atoms with Crippen LogP contribution >= 0.6 is 0 Å². The third kappa shape index (κ3) is 2.85. The van der Waals surface area contributed by atoms with E-state index in [1.165, 1.54) is 4.90 Å². The smallest absolute Gasteiger partial charge is 0.407 e. The van der Waals surface area contributed by atoms with Crippen molar-refractivity contribution in [2.45, 2.75) is 38.6 Å². The monoisotopic (exact) mass is 203 g/mol. The van der Waals surface area contributed by atoms with Gasteiger partial charge in [-0.15, -0.1) is 0 Å². The van der Waals surface area contributed by atoms with Crippen LogP contribution in [0, 0.1) is 0 Å².